The fourth-order valence-electron chi connectivity index (χ4n) is 3.33. The molecular formula is C21H22N2O. The van der Waals surface area contributed by atoms with Crippen LogP contribution in [0.1, 0.15) is 12.0 Å². The van der Waals surface area contributed by atoms with Gasteiger partial charge in [0, 0.05) is 36.7 Å². The van der Waals surface area contributed by atoms with Crippen molar-refractivity contribution in [3.8, 4) is 5.75 Å². The van der Waals surface area contributed by atoms with Gasteiger partial charge in [0.15, 0.2) is 0 Å². The smallest absolute Gasteiger partial charge is 0.119 e. The van der Waals surface area contributed by atoms with Gasteiger partial charge < -0.3 is 9.72 Å². The van der Waals surface area contributed by atoms with Crippen LogP contribution in [0.5, 0.6) is 5.75 Å². The Morgan fingerprint density at radius 3 is 2.75 bits per heavy atom. The Kier molecular flexibility index (Phi) is 4.34. The Balaban J connectivity index is 1.36. The number of aromatic amines is 1. The lowest BCUT2D eigenvalue weighted by Gasteiger charge is -2.26. The van der Waals surface area contributed by atoms with Crippen LogP contribution in [-0.4, -0.2) is 36.1 Å². The van der Waals surface area contributed by atoms with Crippen LogP contribution in [0.3, 0.4) is 0 Å². The van der Waals surface area contributed by atoms with Crippen LogP contribution in [0.2, 0.25) is 0 Å². The van der Waals surface area contributed by atoms with E-state index in [2.05, 4.69) is 40.2 Å². The van der Waals surface area contributed by atoms with E-state index >= 15 is 0 Å². The molecule has 1 aromatic heterocycles. The van der Waals surface area contributed by atoms with Crippen LogP contribution in [0, 0.1) is 0 Å². The van der Waals surface area contributed by atoms with Gasteiger partial charge in [-0.25, -0.2) is 0 Å². The van der Waals surface area contributed by atoms with E-state index in [0.717, 1.165) is 38.4 Å². The molecule has 2 aromatic carbocycles. The zero-order chi connectivity index (χ0) is 16.2. The first-order valence-corrected chi connectivity index (χ1v) is 8.56. The van der Waals surface area contributed by atoms with E-state index in [4.69, 9.17) is 4.74 Å². The summed E-state index contributed by atoms with van der Waals surface area (Å²) in [6.07, 6.45) is 5.48. The first kappa shape index (κ1) is 15.0. The van der Waals surface area contributed by atoms with Gasteiger partial charge in [0.1, 0.15) is 12.4 Å². The molecule has 0 atom stereocenters. The third-order valence-corrected chi connectivity index (χ3v) is 4.65. The Labute approximate surface area is 142 Å². The largest absolute Gasteiger partial charge is 0.492 e. The van der Waals surface area contributed by atoms with Gasteiger partial charge in [-0.3, -0.25) is 4.90 Å². The van der Waals surface area contributed by atoms with Gasteiger partial charge in [-0.1, -0.05) is 36.4 Å². The molecule has 0 bridgehead atoms. The minimum absolute atomic E-state index is 0.737. The van der Waals surface area contributed by atoms with Gasteiger partial charge in [0.05, 0.1) is 0 Å². The molecule has 4 rings (SSSR count). The van der Waals surface area contributed by atoms with Crippen LogP contribution in [0.4, 0.5) is 0 Å². The molecule has 122 valence electrons. The maximum Gasteiger partial charge on any atom is 0.119 e. The van der Waals surface area contributed by atoms with Crippen molar-refractivity contribution < 1.29 is 4.74 Å². The van der Waals surface area contributed by atoms with E-state index in [1.54, 1.807) is 0 Å². The summed E-state index contributed by atoms with van der Waals surface area (Å²) >= 11 is 0. The van der Waals surface area contributed by atoms with Crippen molar-refractivity contribution in [1.29, 1.82) is 0 Å². The quantitative estimate of drug-likeness (QED) is 0.758. The minimum Gasteiger partial charge on any atom is -0.492 e. The van der Waals surface area contributed by atoms with Gasteiger partial charge >= 0.3 is 0 Å². The summed E-state index contributed by atoms with van der Waals surface area (Å²) in [4.78, 5) is 5.75. The monoisotopic (exact) mass is 318 g/mol. The third-order valence-electron chi connectivity index (χ3n) is 4.65. The van der Waals surface area contributed by atoms with Crippen molar-refractivity contribution in [1.82, 2.24) is 9.88 Å². The molecule has 3 heteroatoms. The predicted molar refractivity (Wildman–Crippen MR) is 99.3 cm³/mol. The van der Waals surface area contributed by atoms with E-state index < -0.39 is 0 Å². The predicted octanol–water partition coefficient (Wildman–Crippen LogP) is 4.34. The highest BCUT2D eigenvalue weighted by Gasteiger charge is 2.14. The number of aromatic nitrogens is 1. The topological polar surface area (TPSA) is 28.3 Å². The number of hydrogen-bond donors (Lipinski definition) is 1. The van der Waals surface area contributed by atoms with Crippen LogP contribution in [0.25, 0.3) is 16.5 Å². The first-order valence-electron chi connectivity index (χ1n) is 8.56. The molecule has 0 aliphatic carbocycles. The number of benzene rings is 2. The Morgan fingerprint density at radius 2 is 1.92 bits per heavy atom. The number of nitrogens with one attached hydrogen (secondary N) is 1. The molecule has 3 nitrogen and oxygen atoms in total. The van der Waals surface area contributed by atoms with E-state index in [0.29, 0.717) is 0 Å². The maximum atomic E-state index is 5.80. The summed E-state index contributed by atoms with van der Waals surface area (Å²) < 4.78 is 5.80. The second-order valence-electron chi connectivity index (χ2n) is 6.19. The Hall–Kier alpha value is -2.52. The second-order valence-corrected chi connectivity index (χ2v) is 6.19. The number of H-pyrrole nitrogens is 1. The van der Waals surface area contributed by atoms with Crippen molar-refractivity contribution >= 4 is 16.5 Å². The van der Waals surface area contributed by atoms with Crippen LogP contribution in [-0.2, 0) is 0 Å². The lowest BCUT2D eigenvalue weighted by atomic mass is 9.96. The van der Waals surface area contributed by atoms with Crippen LogP contribution in [0.15, 0.2) is 66.9 Å². The van der Waals surface area contributed by atoms with Crippen molar-refractivity contribution in [3.05, 3.63) is 72.4 Å². The molecule has 0 unspecified atom stereocenters. The Morgan fingerprint density at radius 1 is 1.00 bits per heavy atom. The summed E-state index contributed by atoms with van der Waals surface area (Å²) in [6, 6.07) is 18.7. The summed E-state index contributed by atoms with van der Waals surface area (Å²) in [5, 5.41) is 1.32. The molecule has 24 heavy (non-hydrogen) atoms. The van der Waals surface area contributed by atoms with Crippen molar-refractivity contribution in [3.63, 3.8) is 0 Å². The van der Waals surface area contributed by atoms with Crippen LogP contribution >= 0.6 is 0 Å². The summed E-state index contributed by atoms with van der Waals surface area (Å²) in [5.74, 6) is 0.949. The molecule has 3 aromatic rings. The number of para-hydroxylation sites is 1. The van der Waals surface area contributed by atoms with E-state index in [1.807, 2.05) is 36.5 Å². The molecular weight excluding hydrogens is 296 g/mol. The molecule has 0 saturated heterocycles. The Bertz CT molecular complexity index is 835. The number of hydrogen-bond acceptors (Lipinski definition) is 2. The summed E-state index contributed by atoms with van der Waals surface area (Å²) in [7, 11) is 0. The molecule has 1 aliphatic rings. The average Bonchev–Trinajstić information content (AvgIpc) is 3.12. The van der Waals surface area contributed by atoms with Gasteiger partial charge in [0.2, 0.25) is 0 Å². The first-order chi connectivity index (χ1) is 11.9. The molecule has 2 heterocycles. The van der Waals surface area contributed by atoms with E-state index in [9.17, 15) is 0 Å². The number of nitrogens with zero attached hydrogens (tertiary/aromatic N) is 1. The molecule has 0 spiro atoms. The lowest BCUT2D eigenvalue weighted by molar-refractivity contribution is 0.222. The molecule has 0 saturated carbocycles. The van der Waals surface area contributed by atoms with Gasteiger partial charge in [-0.2, -0.15) is 0 Å². The molecule has 1 aliphatic heterocycles. The standard InChI is InChI=1S/C21H22N2O/c1-2-5-18(6-3-1)24-16-15-23-13-10-17(11-14-23)19-7-4-8-21-20(19)9-12-22-21/h1-10,12,22H,11,13-16H2. The SMILES string of the molecule is C1=C(c2cccc3[nH]ccc23)CCN(CCOc2ccccc2)C1. The molecule has 0 fully saturated rings. The zero-order valence-corrected chi connectivity index (χ0v) is 13.7. The molecule has 0 amide bonds. The number of ether oxygens (including phenoxy) is 1. The van der Waals surface area contributed by atoms with Gasteiger partial charge in [0.25, 0.3) is 0 Å². The summed E-state index contributed by atoms with van der Waals surface area (Å²) in [6.45, 7) is 3.78. The van der Waals surface area contributed by atoms with Crippen molar-refractivity contribution in [2.24, 2.45) is 0 Å². The van der Waals surface area contributed by atoms with E-state index in [-0.39, 0.29) is 0 Å². The number of rotatable bonds is 5. The highest BCUT2D eigenvalue weighted by molar-refractivity contribution is 5.92. The molecule has 1 N–H and O–H groups in total. The number of fused-ring (bicyclic) bond motifs is 1. The highest BCUT2D eigenvalue weighted by Crippen LogP contribution is 2.28. The molecule has 0 radical (unpaired) electrons. The fraction of sp³-hybridized carbons (Fsp3) is 0.238. The minimum atomic E-state index is 0.737. The summed E-state index contributed by atoms with van der Waals surface area (Å²) in [5.41, 5.74) is 4.04. The second kappa shape index (κ2) is 6.93. The normalized spacial score (nSPS) is 15.4. The van der Waals surface area contributed by atoms with Gasteiger partial charge in [-0.05, 0) is 41.8 Å². The maximum absolute atomic E-state index is 5.80. The zero-order valence-electron chi connectivity index (χ0n) is 13.7. The van der Waals surface area contributed by atoms with Crippen molar-refractivity contribution in [2.45, 2.75) is 6.42 Å². The third kappa shape index (κ3) is 3.22. The highest BCUT2D eigenvalue weighted by atomic mass is 16.5. The van der Waals surface area contributed by atoms with Crippen molar-refractivity contribution in [2.75, 3.05) is 26.2 Å². The average molecular weight is 318 g/mol. The van der Waals surface area contributed by atoms with Crippen LogP contribution < -0.4 is 4.74 Å². The van der Waals surface area contributed by atoms with Gasteiger partial charge in [-0.15, -0.1) is 0 Å². The van der Waals surface area contributed by atoms with E-state index in [1.165, 1.54) is 22.0 Å². The lowest BCUT2D eigenvalue weighted by Crippen LogP contribution is -2.32. The fourth-order valence-corrected chi connectivity index (χ4v) is 3.33.